The fraction of sp³-hybridized carbons (Fsp3) is 0.562. The number of benzene rings is 1. The van der Waals surface area contributed by atoms with Gasteiger partial charge in [0.05, 0.1) is 11.4 Å². The summed E-state index contributed by atoms with van der Waals surface area (Å²) in [5.41, 5.74) is 6.92. The molecule has 0 aliphatic rings. The van der Waals surface area contributed by atoms with Gasteiger partial charge in [0, 0.05) is 18.0 Å². The van der Waals surface area contributed by atoms with Gasteiger partial charge in [-0.3, -0.25) is 4.79 Å². The lowest BCUT2D eigenvalue weighted by Gasteiger charge is -2.20. The molecular formula is C16H26ClN3O. The third-order valence-electron chi connectivity index (χ3n) is 3.55. The van der Waals surface area contributed by atoms with E-state index in [2.05, 4.69) is 31.1 Å². The molecule has 21 heavy (non-hydrogen) atoms. The molecular weight excluding hydrogens is 286 g/mol. The molecule has 5 heteroatoms. The molecule has 0 fully saturated rings. The Morgan fingerprint density at radius 3 is 2.86 bits per heavy atom. The van der Waals surface area contributed by atoms with Gasteiger partial charge >= 0.3 is 0 Å². The molecule has 0 bridgehead atoms. The molecule has 1 aromatic rings. The van der Waals surface area contributed by atoms with Crippen molar-refractivity contribution in [2.75, 3.05) is 31.2 Å². The Morgan fingerprint density at radius 2 is 2.19 bits per heavy atom. The molecule has 3 N–H and O–H groups in total. The fourth-order valence-electron chi connectivity index (χ4n) is 2.11. The minimum Gasteiger partial charge on any atom is -0.397 e. The number of nitrogens with zero attached hydrogens (tertiary/aromatic N) is 1. The van der Waals surface area contributed by atoms with E-state index in [0.717, 1.165) is 19.5 Å². The molecule has 118 valence electrons. The average Bonchev–Trinajstić information content (AvgIpc) is 2.42. The molecule has 1 rings (SSSR count). The topological polar surface area (TPSA) is 58.4 Å². The Balaban J connectivity index is 2.33. The van der Waals surface area contributed by atoms with E-state index in [4.69, 9.17) is 17.3 Å². The van der Waals surface area contributed by atoms with Crippen LogP contribution in [0.2, 0.25) is 5.02 Å². The highest BCUT2D eigenvalue weighted by Gasteiger charge is 2.08. The first kappa shape index (κ1) is 17.8. The second kappa shape index (κ2) is 8.90. The zero-order valence-corrected chi connectivity index (χ0v) is 13.9. The van der Waals surface area contributed by atoms with Gasteiger partial charge in [0.1, 0.15) is 0 Å². The number of nitrogen functional groups attached to an aromatic ring is 1. The van der Waals surface area contributed by atoms with E-state index in [0.29, 0.717) is 28.7 Å². The van der Waals surface area contributed by atoms with E-state index in [1.54, 1.807) is 18.2 Å². The minimum absolute atomic E-state index is 0.0269. The average molecular weight is 312 g/mol. The van der Waals surface area contributed by atoms with Crippen molar-refractivity contribution in [2.24, 2.45) is 5.92 Å². The Hall–Kier alpha value is -1.26. The second-order valence-corrected chi connectivity index (χ2v) is 6.10. The van der Waals surface area contributed by atoms with Gasteiger partial charge in [0.2, 0.25) is 5.91 Å². The number of nitrogens with one attached hydrogen (secondary N) is 1. The van der Waals surface area contributed by atoms with Gasteiger partial charge in [0.25, 0.3) is 0 Å². The van der Waals surface area contributed by atoms with Gasteiger partial charge in [-0.1, -0.05) is 31.9 Å². The van der Waals surface area contributed by atoms with Crippen LogP contribution in [0.25, 0.3) is 0 Å². The van der Waals surface area contributed by atoms with Crippen LogP contribution in [0.15, 0.2) is 18.2 Å². The Labute approximate surface area is 132 Å². The number of carbonyl (C=O) groups is 1. The molecule has 0 spiro atoms. The first-order valence-corrected chi connectivity index (χ1v) is 7.83. The third kappa shape index (κ3) is 6.82. The second-order valence-electron chi connectivity index (χ2n) is 5.66. The summed E-state index contributed by atoms with van der Waals surface area (Å²) in [4.78, 5) is 14.2. The first-order valence-electron chi connectivity index (χ1n) is 7.45. The third-order valence-corrected chi connectivity index (χ3v) is 3.79. The van der Waals surface area contributed by atoms with Crippen LogP contribution in [0.3, 0.4) is 0 Å². The van der Waals surface area contributed by atoms with E-state index in [-0.39, 0.29) is 5.91 Å². The molecule has 1 atom stereocenters. The number of carbonyl (C=O) groups excluding carboxylic acids is 1. The van der Waals surface area contributed by atoms with Crippen LogP contribution in [0.1, 0.15) is 33.1 Å². The SMILES string of the molecule is CCC(C)CN(C)CCCC(=O)Nc1cc(Cl)ccc1N. The molecule has 0 heterocycles. The van der Waals surface area contributed by atoms with E-state index >= 15 is 0 Å². The number of hydrogen-bond donors (Lipinski definition) is 2. The lowest BCUT2D eigenvalue weighted by atomic mass is 10.1. The summed E-state index contributed by atoms with van der Waals surface area (Å²) in [7, 11) is 2.10. The number of nitrogens with two attached hydrogens (primary N) is 1. The number of halogens is 1. The largest absolute Gasteiger partial charge is 0.397 e. The van der Waals surface area contributed by atoms with E-state index in [9.17, 15) is 4.79 Å². The highest BCUT2D eigenvalue weighted by atomic mass is 35.5. The van der Waals surface area contributed by atoms with Crippen LogP contribution in [0.5, 0.6) is 0 Å². The fourth-order valence-corrected chi connectivity index (χ4v) is 2.28. The molecule has 1 unspecified atom stereocenters. The molecule has 0 aliphatic heterocycles. The molecule has 0 saturated heterocycles. The molecule has 4 nitrogen and oxygen atoms in total. The zero-order chi connectivity index (χ0) is 15.8. The molecule has 0 aliphatic carbocycles. The van der Waals surface area contributed by atoms with Crippen LogP contribution in [-0.4, -0.2) is 30.9 Å². The van der Waals surface area contributed by atoms with Crippen LogP contribution in [0.4, 0.5) is 11.4 Å². The molecule has 0 radical (unpaired) electrons. The van der Waals surface area contributed by atoms with Gasteiger partial charge in [-0.2, -0.15) is 0 Å². The van der Waals surface area contributed by atoms with Crippen LogP contribution < -0.4 is 11.1 Å². The van der Waals surface area contributed by atoms with Crippen molar-refractivity contribution in [3.8, 4) is 0 Å². The van der Waals surface area contributed by atoms with Crippen molar-refractivity contribution in [1.29, 1.82) is 0 Å². The van der Waals surface area contributed by atoms with Crippen LogP contribution in [0, 0.1) is 5.92 Å². The first-order chi connectivity index (χ1) is 9.92. The molecule has 1 aromatic carbocycles. The lowest BCUT2D eigenvalue weighted by molar-refractivity contribution is -0.116. The summed E-state index contributed by atoms with van der Waals surface area (Å²) < 4.78 is 0. The number of amides is 1. The van der Waals surface area contributed by atoms with Crippen molar-refractivity contribution < 1.29 is 4.79 Å². The Bertz CT molecular complexity index is 465. The normalized spacial score (nSPS) is 12.4. The molecule has 1 amide bonds. The number of anilines is 2. The maximum Gasteiger partial charge on any atom is 0.224 e. The van der Waals surface area contributed by atoms with Gasteiger partial charge in [-0.25, -0.2) is 0 Å². The van der Waals surface area contributed by atoms with Gasteiger partial charge < -0.3 is 16.0 Å². The van der Waals surface area contributed by atoms with Gasteiger partial charge in [-0.05, 0) is 44.1 Å². The summed E-state index contributed by atoms with van der Waals surface area (Å²) in [6.07, 6.45) is 2.49. The van der Waals surface area contributed by atoms with Crippen molar-refractivity contribution >= 4 is 28.9 Å². The summed E-state index contributed by atoms with van der Waals surface area (Å²) in [6.45, 7) is 6.43. The Kier molecular flexibility index (Phi) is 7.54. The van der Waals surface area contributed by atoms with Crippen molar-refractivity contribution in [1.82, 2.24) is 4.90 Å². The minimum atomic E-state index is -0.0269. The van der Waals surface area contributed by atoms with Crippen LogP contribution in [-0.2, 0) is 4.79 Å². The predicted molar refractivity (Wildman–Crippen MR) is 90.7 cm³/mol. The highest BCUT2D eigenvalue weighted by Crippen LogP contribution is 2.23. The Morgan fingerprint density at radius 1 is 1.48 bits per heavy atom. The smallest absolute Gasteiger partial charge is 0.224 e. The summed E-state index contributed by atoms with van der Waals surface area (Å²) in [5.74, 6) is 0.663. The maximum atomic E-state index is 11.9. The summed E-state index contributed by atoms with van der Waals surface area (Å²) in [5, 5.41) is 3.37. The van der Waals surface area contributed by atoms with Crippen molar-refractivity contribution in [3.63, 3.8) is 0 Å². The van der Waals surface area contributed by atoms with Crippen molar-refractivity contribution in [2.45, 2.75) is 33.1 Å². The highest BCUT2D eigenvalue weighted by molar-refractivity contribution is 6.31. The predicted octanol–water partition coefficient (Wildman–Crippen LogP) is 3.62. The number of hydrogen-bond acceptors (Lipinski definition) is 3. The number of rotatable bonds is 8. The standard InChI is InChI=1S/C16H26ClN3O/c1-4-12(2)11-20(3)9-5-6-16(21)19-15-10-13(17)7-8-14(15)18/h7-8,10,12H,4-6,9,11,18H2,1-3H3,(H,19,21). The van der Waals surface area contributed by atoms with E-state index < -0.39 is 0 Å². The van der Waals surface area contributed by atoms with Gasteiger partial charge in [0.15, 0.2) is 0 Å². The monoisotopic (exact) mass is 311 g/mol. The lowest BCUT2D eigenvalue weighted by Crippen LogP contribution is -2.26. The quantitative estimate of drug-likeness (QED) is 0.721. The zero-order valence-electron chi connectivity index (χ0n) is 13.2. The molecule has 0 aromatic heterocycles. The van der Waals surface area contributed by atoms with Gasteiger partial charge in [-0.15, -0.1) is 0 Å². The summed E-state index contributed by atoms with van der Waals surface area (Å²) in [6, 6.07) is 5.07. The van der Waals surface area contributed by atoms with E-state index in [1.807, 2.05) is 0 Å². The van der Waals surface area contributed by atoms with Crippen molar-refractivity contribution in [3.05, 3.63) is 23.2 Å². The molecule has 0 saturated carbocycles. The maximum absolute atomic E-state index is 11.9. The van der Waals surface area contributed by atoms with Crippen LogP contribution >= 0.6 is 11.6 Å². The summed E-state index contributed by atoms with van der Waals surface area (Å²) >= 11 is 5.89. The van der Waals surface area contributed by atoms with E-state index in [1.165, 1.54) is 6.42 Å².